The van der Waals surface area contributed by atoms with E-state index in [1.165, 1.54) is 23.1 Å². The number of nitrogens with one attached hydrogen (secondary N) is 1. The molecule has 1 fully saturated rings. The van der Waals surface area contributed by atoms with Crippen molar-refractivity contribution in [3.05, 3.63) is 59.2 Å². The van der Waals surface area contributed by atoms with Crippen molar-refractivity contribution < 1.29 is 9.47 Å². The first-order valence-corrected chi connectivity index (χ1v) is 9.28. The number of hydrogen-bond donors (Lipinski definition) is 1. The zero-order valence-corrected chi connectivity index (χ0v) is 14.8. The predicted molar refractivity (Wildman–Crippen MR) is 99.3 cm³/mol. The van der Waals surface area contributed by atoms with E-state index in [1.807, 2.05) is 6.07 Å². The fourth-order valence-corrected chi connectivity index (χ4v) is 3.76. The number of nitrogens with zero attached hydrogens (tertiary/aromatic N) is 1. The fraction of sp³-hybridized carbons (Fsp3) is 0.429. The number of benzene rings is 2. The van der Waals surface area contributed by atoms with Crippen molar-refractivity contribution in [2.45, 2.75) is 25.8 Å². The highest BCUT2D eigenvalue weighted by Gasteiger charge is 2.25. The van der Waals surface area contributed by atoms with Crippen LogP contribution >= 0.6 is 0 Å². The Kier molecular flexibility index (Phi) is 4.90. The number of hydrogen-bond acceptors (Lipinski definition) is 4. The van der Waals surface area contributed by atoms with Gasteiger partial charge in [0.25, 0.3) is 0 Å². The lowest BCUT2D eigenvalue weighted by molar-refractivity contribution is 0.173. The largest absolute Gasteiger partial charge is 0.454 e. The van der Waals surface area contributed by atoms with Crippen LogP contribution in [0.2, 0.25) is 0 Å². The van der Waals surface area contributed by atoms with Crippen molar-refractivity contribution in [3.8, 4) is 11.5 Å². The predicted octanol–water partition coefficient (Wildman–Crippen LogP) is 3.36. The minimum absolute atomic E-state index is 0.250. The molecule has 0 saturated carbocycles. The summed E-state index contributed by atoms with van der Waals surface area (Å²) in [5.74, 6) is 1.71. The second-order valence-electron chi connectivity index (χ2n) is 6.75. The Balaban J connectivity index is 1.71. The summed E-state index contributed by atoms with van der Waals surface area (Å²) in [5, 5.41) is 3.51. The quantitative estimate of drug-likeness (QED) is 0.927. The zero-order valence-electron chi connectivity index (χ0n) is 14.8. The molecule has 0 spiro atoms. The van der Waals surface area contributed by atoms with E-state index in [-0.39, 0.29) is 6.04 Å². The summed E-state index contributed by atoms with van der Waals surface area (Å²) in [6, 6.07) is 15.7. The zero-order chi connectivity index (χ0) is 17.1. The highest BCUT2D eigenvalue weighted by atomic mass is 16.7. The smallest absolute Gasteiger partial charge is 0.231 e. The highest BCUT2D eigenvalue weighted by molar-refractivity contribution is 5.47. The molecule has 4 heteroatoms. The molecule has 1 atom stereocenters. The van der Waals surface area contributed by atoms with Crippen LogP contribution in [0.25, 0.3) is 0 Å². The van der Waals surface area contributed by atoms with E-state index in [0.29, 0.717) is 6.79 Å². The van der Waals surface area contributed by atoms with E-state index < -0.39 is 0 Å². The van der Waals surface area contributed by atoms with Crippen LogP contribution in [0.1, 0.15) is 36.1 Å². The summed E-state index contributed by atoms with van der Waals surface area (Å²) >= 11 is 0. The van der Waals surface area contributed by atoms with Gasteiger partial charge < -0.3 is 14.8 Å². The van der Waals surface area contributed by atoms with Gasteiger partial charge in [0, 0.05) is 19.6 Å². The van der Waals surface area contributed by atoms with Crippen LogP contribution < -0.4 is 14.8 Å². The Morgan fingerprint density at radius 2 is 1.76 bits per heavy atom. The van der Waals surface area contributed by atoms with Crippen LogP contribution in [-0.2, 0) is 6.42 Å². The molecule has 1 saturated heterocycles. The summed E-state index contributed by atoms with van der Waals surface area (Å²) in [6.45, 7) is 6.80. The Morgan fingerprint density at radius 3 is 2.60 bits per heavy atom. The van der Waals surface area contributed by atoms with Crippen LogP contribution in [0.4, 0.5) is 0 Å². The molecule has 2 aromatic rings. The van der Waals surface area contributed by atoms with E-state index in [1.54, 1.807) is 0 Å². The van der Waals surface area contributed by atoms with Crippen molar-refractivity contribution in [2.75, 3.05) is 33.0 Å². The maximum absolute atomic E-state index is 5.62. The normalized spacial score (nSPS) is 18.8. The Bertz CT molecular complexity index is 706. The molecular formula is C21H26N2O2. The summed E-state index contributed by atoms with van der Waals surface area (Å²) in [7, 11) is 0. The van der Waals surface area contributed by atoms with Crippen LogP contribution in [0, 0.1) is 0 Å². The first-order valence-electron chi connectivity index (χ1n) is 9.28. The lowest BCUT2D eigenvalue weighted by Gasteiger charge is -2.31. The molecule has 2 aliphatic heterocycles. The van der Waals surface area contributed by atoms with Gasteiger partial charge in [0.15, 0.2) is 11.5 Å². The molecule has 1 unspecified atom stereocenters. The Labute approximate surface area is 149 Å². The second kappa shape index (κ2) is 7.46. The average molecular weight is 338 g/mol. The van der Waals surface area contributed by atoms with E-state index >= 15 is 0 Å². The summed E-state index contributed by atoms with van der Waals surface area (Å²) in [4.78, 5) is 2.58. The van der Waals surface area contributed by atoms with Crippen LogP contribution in [0.5, 0.6) is 11.5 Å². The van der Waals surface area contributed by atoms with Gasteiger partial charge in [-0.1, -0.05) is 37.3 Å². The minimum Gasteiger partial charge on any atom is -0.454 e. The van der Waals surface area contributed by atoms with Gasteiger partial charge in [-0.25, -0.2) is 0 Å². The lowest BCUT2D eigenvalue weighted by Crippen LogP contribution is -2.33. The monoisotopic (exact) mass is 338 g/mol. The molecule has 2 aromatic carbocycles. The molecule has 2 aliphatic rings. The first kappa shape index (κ1) is 16.4. The molecule has 1 N–H and O–H groups in total. The van der Waals surface area contributed by atoms with Gasteiger partial charge in [-0.05, 0) is 48.2 Å². The van der Waals surface area contributed by atoms with Crippen molar-refractivity contribution in [1.82, 2.24) is 10.2 Å². The summed E-state index contributed by atoms with van der Waals surface area (Å²) in [5.41, 5.74) is 4.00. The molecule has 4 nitrogen and oxygen atoms in total. The number of fused-ring (bicyclic) bond motifs is 1. The molecule has 25 heavy (non-hydrogen) atoms. The summed E-state index contributed by atoms with van der Waals surface area (Å²) < 4.78 is 11.1. The molecular weight excluding hydrogens is 312 g/mol. The first-order chi connectivity index (χ1) is 12.3. The highest BCUT2D eigenvalue weighted by Crippen LogP contribution is 2.38. The van der Waals surface area contributed by atoms with Crippen LogP contribution in [0.15, 0.2) is 42.5 Å². The minimum atomic E-state index is 0.250. The molecule has 0 radical (unpaired) electrons. The van der Waals surface area contributed by atoms with E-state index in [2.05, 4.69) is 53.5 Å². The third kappa shape index (κ3) is 3.51. The number of ether oxygens (including phenoxy) is 2. The third-order valence-electron chi connectivity index (χ3n) is 5.16. The third-order valence-corrected chi connectivity index (χ3v) is 5.16. The van der Waals surface area contributed by atoms with Gasteiger partial charge in [-0.2, -0.15) is 0 Å². The molecule has 132 valence electrons. The number of rotatable bonds is 4. The molecule has 0 bridgehead atoms. The topological polar surface area (TPSA) is 33.7 Å². The fourth-order valence-electron chi connectivity index (χ4n) is 3.76. The van der Waals surface area contributed by atoms with Crippen molar-refractivity contribution in [3.63, 3.8) is 0 Å². The van der Waals surface area contributed by atoms with E-state index in [9.17, 15) is 0 Å². The van der Waals surface area contributed by atoms with Crippen LogP contribution in [0.3, 0.4) is 0 Å². The van der Waals surface area contributed by atoms with Gasteiger partial charge >= 0.3 is 0 Å². The van der Waals surface area contributed by atoms with Gasteiger partial charge in [0.05, 0.1) is 6.04 Å². The Hall–Kier alpha value is -2.04. The average Bonchev–Trinajstić information content (AvgIpc) is 2.96. The van der Waals surface area contributed by atoms with Crippen molar-refractivity contribution in [2.24, 2.45) is 0 Å². The van der Waals surface area contributed by atoms with Gasteiger partial charge in [0.2, 0.25) is 6.79 Å². The second-order valence-corrected chi connectivity index (χ2v) is 6.75. The molecule has 0 aliphatic carbocycles. The van der Waals surface area contributed by atoms with Gasteiger partial charge in [-0.15, -0.1) is 0 Å². The molecule has 4 rings (SSSR count). The van der Waals surface area contributed by atoms with Crippen molar-refractivity contribution >= 4 is 0 Å². The summed E-state index contributed by atoms with van der Waals surface area (Å²) in [6.07, 6.45) is 2.25. The van der Waals surface area contributed by atoms with Crippen molar-refractivity contribution in [1.29, 1.82) is 0 Å². The maximum Gasteiger partial charge on any atom is 0.231 e. The number of aryl methyl sites for hydroxylation is 1. The lowest BCUT2D eigenvalue weighted by atomic mass is 9.95. The van der Waals surface area contributed by atoms with E-state index in [0.717, 1.165) is 44.1 Å². The van der Waals surface area contributed by atoms with Crippen LogP contribution in [-0.4, -0.2) is 37.9 Å². The molecule has 0 aromatic heterocycles. The molecule has 2 heterocycles. The van der Waals surface area contributed by atoms with E-state index in [4.69, 9.17) is 9.47 Å². The molecule has 0 amide bonds. The SMILES string of the molecule is CCc1ccc(C(c2ccc3c(c2)OCO3)N2CCCNCC2)cc1. The standard InChI is InChI=1S/C21H26N2O2/c1-2-16-4-6-17(7-5-16)21(23-12-3-10-22-11-13-23)18-8-9-19-20(14-18)25-15-24-19/h4-9,14,21-22H,2-3,10-13,15H2,1H3. The van der Waals surface area contributed by atoms with Gasteiger partial charge in [-0.3, -0.25) is 4.90 Å². The van der Waals surface area contributed by atoms with Gasteiger partial charge in [0.1, 0.15) is 0 Å². The Morgan fingerprint density at radius 1 is 0.960 bits per heavy atom. The maximum atomic E-state index is 5.62.